The Morgan fingerprint density at radius 1 is 0.388 bits per heavy atom. The summed E-state index contributed by atoms with van der Waals surface area (Å²) in [4.78, 5) is 0. The quantitative estimate of drug-likeness (QED) is 0.175. The lowest BCUT2D eigenvalue weighted by Crippen LogP contribution is -1.91. The number of rotatable bonds is 4. The molecule has 0 fully saturated rings. The van der Waals surface area contributed by atoms with E-state index in [9.17, 15) is 5.48 Å². The van der Waals surface area contributed by atoms with E-state index < -0.39 is 78.1 Å². The maximum atomic E-state index is 9.37. The van der Waals surface area contributed by atoms with Crippen molar-refractivity contribution in [3.05, 3.63) is 182 Å². The average molecular weight is 637 g/mol. The van der Waals surface area contributed by atoms with Gasteiger partial charge in [-0.15, -0.1) is 0 Å². The molecule has 0 saturated carbocycles. The maximum absolute atomic E-state index is 9.37. The molecule has 49 heavy (non-hydrogen) atoms. The molecule has 10 rings (SSSR count). The van der Waals surface area contributed by atoms with E-state index in [1.807, 2.05) is 84.9 Å². The van der Waals surface area contributed by atoms with Crippen LogP contribution < -0.4 is 0 Å². The van der Waals surface area contributed by atoms with Crippen LogP contribution in [0.5, 0.6) is 0 Å². The van der Waals surface area contributed by atoms with Crippen LogP contribution >= 0.6 is 0 Å². The molecule has 0 aliphatic rings. The van der Waals surface area contributed by atoms with Gasteiger partial charge in [0, 0.05) is 16.2 Å². The van der Waals surface area contributed by atoms with Crippen molar-refractivity contribution in [1.29, 1.82) is 0 Å². The highest BCUT2D eigenvalue weighted by atomic mass is 16.3. The molecular formula is C48H30O. The second-order valence-electron chi connectivity index (χ2n) is 11.8. The fourth-order valence-corrected chi connectivity index (χ4v) is 7.00. The molecule has 0 amide bonds. The second-order valence-corrected chi connectivity index (χ2v) is 11.8. The van der Waals surface area contributed by atoms with Gasteiger partial charge in [0.2, 0.25) is 0 Å². The SMILES string of the molecule is [2H]c1c([2H])c([2H])c(-c2ccc3c(ccc4c3oc3cccc(-c5c6ccccc6c(-c6c([2H])c([2H])c(-c7c([2H])c([2H])c([2H])c([2H])c7[2H])c([2H])c6[2H])c6ccccc56)c34)c2)c([2H])c1[2H]. The lowest BCUT2D eigenvalue weighted by atomic mass is 9.84. The van der Waals surface area contributed by atoms with Crippen LogP contribution in [0.3, 0.4) is 0 Å². The predicted molar refractivity (Wildman–Crippen MR) is 208 cm³/mol. The molecule has 0 radical (unpaired) electrons. The summed E-state index contributed by atoms with van der Waals surface area (Å²) in [7, 11) is 0. The topological polar surface area (TPSA) is 13.1 Å². The highest BCUT2D eigenvalue weighted by Crippen LogP contribution is 2.47. The summed E-state index contributed by atoms with van der Waals surface area (Å²) in [6.07, 6.45) is 0. The van der Waals surface area contributed by atoms with Crippen LogP contribution in [0.15, 0.2) is 186 Å². The van der Waals surface area contributed by atoms with Gasteiger partial charge in [-0.05, 0) is 95.7 Å². The van der Waals surface area contributed by atoms with E-state index in [4.69, 9.17) is 18.1 Å². The number of furan rings is 1. The fourth-order valence-electron chi connectivity index (χ4n) is 7.00. The van der Waals surface area contributed by atoms with E-state index in [2.05, 4.69) is 0 Å². The van der Waals surface area contributed by atoms with Crippen molar-refractivity contribution in [1.82, 2.24) is 0 Å². The van der Waals surface area contributed by atoms with Gasteiger partial charge in [-0.3, -0.25) is 0 Å². The van der Waals surface area contributed by atoms with Crippen molar-refractivity contribution in [2.45, 2.75) is 0 Å². The van der Waals surface area contributed by atoms with Gasteiger partial charge in [0.25, 0.3) is 0 Å². The standard InChI is InChI=1S/C48H30O/c1-3-12-31(13-4-1)33-22-24-34(25-23-33)45-38-16-7-9-18-40(38)46(41-19-10-8-17-39(41)45)42-20-11-21-44-47(42)43-29-27-36-30-35(32-14-5-2-6-15-32)26-28-37(36)48(43)49-44/h1-30H/i1D,2D,3D,4D,5D,6D,12D,13D,14D,15D,22D,23D,24D,25D. The first-order chi connectivity index (χ1) is 30.1. The molecule has 1 aromatic heterocycles. The van der Waals surface area contributed by atoms with Crippen molar-refractivity contribution in [2.75, 3.05) is 0 Å². The van der Waals surface area contributed by atoms with Crippen molar-refractivity contribution in [3.63, 3.8) is 0 Å². The Labute approximate surface area is 304 Å². The third-order valence-electron chi connectivity index (χ3n) is 9.09. The van der Waals surface area contributed by atoms with E-state index in [0.717, 1.165) is 43.4 Å². The lowest BCUT2D eigenvalue weighted by molar-refractivity contribution is 0.673. The molecule has 0 saturated heterocycles. The van der Waals surface area contributed by atoms with E-state index in [1.54, 1.807) is 12.1 Å². The molecule has 0 spiro atoms. The number of fused-ring (bicyclic) bond motifs is 7. The summed E-state index contributed by atoms with van der Waals surface area (Å²) < 4.78 is 127. The molecule has 10 aromatic rings. The monoisotopic (exact) mass is 636 g/mol. The molecule has 9 aromatic carbocycles. The third-order valence-corrected chi connectivity index (χ3v) is 9.09. The first kappa shape index (κ1) is 17.1. The Morgan fingerprint density at radius 3 is 1.59 bits per heavy atom. The highest BCUT2D eigenvalue weighted by molar-refractivity contribution is 6.27. The van der Waals surface area contributed by atoms with E-state index >= 15 is 0 Å². The Morgan fingerprint density at radius 2 is 0.939 bits per heavy atom. The van der Waals surface area contributed by atoms with E-state index in [1.165, 1.54) is 0 Å². The van der Waals surface area contributed by atoms with Gasteiger partial charge < -0.3 is 4.42 Å². The van der Waals surface area contributed by atoms with Crippen LogP contribution in [0, 0.1) is 0 Å². The molecule has 1 heteroatoms. The van der Waals surface area contributed by atoms with Crippen LogP contribution in [0.2, 0.25) is 0 Å². The molecule has 0 N–H and O–H groups in total. The Hall–Kier alpha value is -6.44. The predicted octanol–water partition coefficient (Wildman–Crippen LogP) is 13.7. The molecule has 0 bridgehead atoms. The molecule has 0 unspecified atom stereocenters. The lowest BCUT2D eigenvalue weighted by Gasteiger charge is -2.18. The molecule has 0 atom stereocenters. The van der Waals surface area contributed by atoms with Crippen LogP contribution in [0.1, 0.15) is 19.2 Å². The zero-order valence-corrected chi connectivity index (χ0v) is 25.6. The average Bonchev–Trinajstić information content (AvgIpc) is 3.69. The Kier molecular flexibility index (Phi) is 3.87. The minimum atomic E-state index is -0.644. The number of hydrogen-bond donors (Lipinski definition) is 0. The van der Waals surface area contributed by atoms with E-state index in [0.29, 0.717) is 33.1 Å². The summed E-state index contributed by atoms with van der Waals surface area (Å²) in [5, 5.41) is 5.91. The molecule has 228 valence electrons. The van der Waals surface area contributed by atoms with Gasteiger partial charge in [0.1, 0.15) is 11.2 Å². The van der Waals surface area contributed by atoms with Gasteiger partial charge in [0.05, 0.1) is 19.2 Å². The minimum Gasteiger partial charge on any atom is -0.455 e. The zero-order valence-electron chi connectivity index (χ0n) is 39.6. The summed E-state index contributed by atoms with van der Waals surface area (Å²) in [6, 6.07) is 23.1. The summed E-state index contributed by atoms with van der Waals surface area (Å²) in [5.41, 5.74) is 3.10. The van der Waals surface area contributed by atoms with Gasteiger partial charge in [-0.1, -0.05) is 157 Å². The molecule has 0 aliphatic heterocycles. The molecular weight excluding hydrogens is 593 g/mol. The Bertz CT molecular complexity index is 3540. The van der Waals surface area contributed by atoms with Crippen molar-refractivity contribution in [3.8, 4) is 44.5 Å². The maximum Gasteiger partial charge on any atom is 0.143 e. The van der Waals surface area contributed by atoms with Crippen LogP contribution in [0.4, 0.5) is 0 Å². The van der Waals surface area contributed by atoms with Crippen LogP contribution in [-0.2, 0) is 0 Å². The second kappa shape index (κ2) is 11.1. The van der Waals surface area contributed by atoms with Crippen molar-refractivity contribution < 1.29 is 23.6 Å². The van der Waals surface area contributed by atoms with Gasteiger partial charge >= 0.3 is 0 Å². The number of hydrogen-bond acceptors (Lipinski definition) is 1. The number of benzene rings is 9. The van der Waals surface area contributed by atoms with Gasteiger partial charge in [-0.25, -0.2) is 0 Å². The van der Waals surface area contributed by atoms with Crippen LogP contribution in [0.25, 0.3) is 98.8 Å². The molecule has 1 nitrogen and oxygen atoms in total. The summed E-state index contributed by atoms with van der Waals surface area (Å²) in [6.45, 7) is 0. The largest absolute Gasteiger partial charge is 0.455 e. The summed E-state index contributed by atoms with van der Waals surface area (Å²) >= 11 is 0. The van der Waals surface area contributed by atoms with Crippen molar-refractivity contribution in [2.24, 2.45) is 0 Å². The first-order valence-electron chi connectivity index (χ1n) is 22.7. The van der Waals surface area contributed by atoms with E-state index in [-0.39, 0.29) is 28.8 Å². The van der Waals surface area contributed by atoms with Crippen LogP contribution in [-0.4, -0.2) is 0 Å². The third kappa shape index (κ3) is 4.40. The first-order valence-corrected chi connectivity index (χ1v) is 15.7. The molecule has 1 heterocycles. The molecule has 0 aliphatic carbocycles. The Balaban J connectivity index is 1.22. The zero-order chi connectivity index (χ0) is 44.5. The van der Waals surface area contributed by atoms with Gasteiger partial charge in [0.15, 0.2) is 0 Å². The minimum absolute atomic E-state index is 0.00138. The smallest absolute Gasteiger partial charge is 0.143 e. The van der Waals surface area contributed by atoms with Gasteiger partial charge in [-0.2, -0.15) is 0 Å². The fraction of sp³-hybridized carbons (Fsp3) is 0. The van der Waals surface area contributed by atoms with Crippen molar-refractivity contribution >= 4 is 54.3 Å². The highest BCUT2D eigenvalue weighted by Gasteiger charge is 2.21. The summed E-state index contributed by atoms with van der Waals surface area (Å²) in [5.74, 6) is 0. The normalized spacial score (nSPS) is 15.7.